The third-order valence-corrected chi connectivity index (χ3v) is 6.63. The lowest BCUT2D eigenvalue weighted by atomic mass is 9.93. The fourth-order valence-electron chi connectivity index (χ4n) is 3.50. The van der Waals surface area contributed by atoms with E-state index in [0.29, 0.717) is 17.6 Å². The predicted octanol–water partition coefficient (Wildman–Crippen LogP) is 5.54. The number of rotatable bonds is 9. The molecule has 4 rings (SSSR count). The number of thioether (sulfide) groups is 1. The van der Waals surface area contributed by atoms with Gasteiger partial charge in [0, 0.05) is 41.8 Å². The third kappa shape index (κ3) is 5.17. The van der Waals surface area contributed by atoms with Gasteiger partial charge in [-0.3, -0.25) is 4.57 Å². The van der Waals surface area contributed by atoms with Gasteiger partial charge in [0.25, 0.3) is 0 Å². The Labute approximate surface area is 186 Å². The van der Waals surface area contributed by atoms with E-state index in [-0.39, 0.29) is 5.82 Å². The average molecular weight is 445 g/mol. The minimum atomic E-state index is -0.229. The maximum Gasteiger partial charge on any atom is 0.172 e. The van der Waals surface area contributed by atoms with E-state index in [1.54, 1.807) is 23.9 Å². The maximum atomic E-state index is 13.3. The molecule has 1 N–H and O–H groups in total. The zero-order chi connectivity index (χ0) is 20.9. The van der Waals surface area contributed by atoms with Gasteiger partial charge in [-0.15, -0.1) is 0 Å². The summed E-state index contributed by atoms with van der Waals surface area (Å²) >= 11 is 7.86. The highest BCUT2D eigenvalue weighted by Crippen LogP contribution is 2.26. The van der Waals surface area contributed by atoms with Crippen molar-refractivity contribution in [1.29, 1.82) is 0 Å². The molecule has 158 valence electrons. The van der Waals surface area contributed by atoms with Crippen LogP contribution in [0.25, 0.3) is 5.69 Å². The fraction of sp³-hybridized carbons (Fsp3) is 0.348. The Morgan fingerprint density at radius 3 is 2.57 bits per heavy atom. The first kappa shape index (κ1) is 21.2. The van der Waals surface area contributed by atoms with E-state index < -0.39 is 0 Å². The molecule has 7 heteroatoms. The maximum absolute atomic E-state index is 13.3. The van der Waals surface area contributed by atoms with Crippen molar-refractivity contribution in [3.63, 3.8) is 0 Å². The van der Waals surface area contributed by atoms with Crippen LogP contribution in [0.1, 0.15) is 25.0 Å². The van der Waals surface area contributed by atoms with Crippen LogP contribution in [0.4, 0.5) is 10.1 Å². The van der Waals surface area contributed by atoms with Gasteiger partial charge in [0.1, 0.15) is 5.82 Å². The number of hydrogen-bond acceptors (Lipinski definition) is 4. The molecule has 0 aliphatic heterocycles. The number of imidazole rings is 1. The van der Waals surface area contributed by atoms with Crippen LogP contribution in [0, 0.1) is 5.82 Å². The summed E-state index contributed by atoms with van der Waals surface area (Å²) in [4.78, 5) is 6.80. The highest BCUT2D eigenvalue weighted by Gasteiger charge is 2.17. The van der Waals surface area contributed by atoms with Crippen LogP contribution < -0.4 is 10.2 Å². The number of halogens is 2. The largest absolute Gasteiger partial charge is 0.369 e. The molecule has 0 unspecified atom stereocenters. The van der Waals surface area contributed by atoms with Gasteiger partial charge in [0.15, 0.2) is 5.16 Å². The number of benzene rings is 2. The molecule has 1 aliphatic carbocycles. The molecule has 0 saturated heterocycles. The minimum Gasteiger partial charge on any atom is -0.369 e. The summed E-state index contributed by atoms with van der Waals surface area (Å²) in [5.41, 5.74) is 3.06. The van der Waals surface area contributed by atoms with Gasteiger partial charge in [0.05, 0.1) is 18.4 Å². The highest BCUT2D eigenvalue weighted by molar-refractivity contribution is 7.99. The quantitative estimate of drug-likeness (QED) is 0.347. The monoisotopic (exact) mass is 444 g/mol. The van der Waals surface area contributed by atoms with Crippen LogP contribution in [0.5, 0.6) is 0 Å². The van der Waals surface area contributed by atoms with Crippen molar-refractivity contribution in [2.75, 3.05) is 24.2 Å². The van der Waals surface area contributed by atoms with Gasteiger partial charge < -0.3 is 10.2 Å². The molecule has 1 heterocycles. The number of hydrogen-bond donors (Lipinski definition) is 1. The van der Waals surface area contributed by atoms with Crippen molar-refractivity contribution in [2.24, 2.45) is 0 Å². The standard InChI is InChI=1S/C23H26ClFN4S/c1-28(20-11-7-18(25)8-12-20)16-22-15-27-23(30-14-13-26-19-3-2-4-19)29(22)21-9-5-17(24)6-10-21/h5-12,15,19,26H,2-4,13-14,16H2,1H3. The van der Waals surface area contributed by atoms with Crippen molar-refractivity contribution in [3.8, 4) is 5.69 Å². The molecule has 1 aliphatic rings. The van der Waals surface area contributed by atoms with E-state index in [1.807, 2.05) is 37.5 Å². The Balaban J connectivity index is 1.51. The van der Waals surface area contributed by atoms with E-state index in [0.717, 1.165) is 34.5 Å². The lowest BCUT2D eigenvalue weighted by Crippen LogP contribution is -2.36. The summed E-state index contributed by atoms with van der Waals surface area (Å²) < 4.78 is 15.5. The summed E-state index contributed by atoms with van der Waals surface area (Å²) in [5, 5.41) is 5.29. The van der Waals surface area contributed by atoms with Gasteiger partial charge in [-0.1, -0.05) is 29.8 Å². The molecule has 0 radical (unpaired) electrons. The Kier molecular flexibility index (Phi) is 6.97. The van der Waals surface area contributed by atoms with Crippen LogP contribution in [-0.4, -0.2) is 34.9 Å². The molecular formula is C23H26ClFN4S. The predicted molar refractivity (Wildman–Crippen MR) is 123 cm³/mol. The van der Waals surface area contributed by atoms with Crippen molar-refractivity contribution < 1.29 is 4.39 Å². The second kappa shape index (κ2) is 9.86. The molecule has 4 nitrogen and oxygen atoms in total. The lowest BCUT2D eigenvalue weighted by Gasteiger charge is -2.26. The SMILES string of the molecule is CN(Cc1cnc(SCCNC2CCC2)n1-c1ccc(Cl)cc1)c1ccc(F)cc1. The van der Waals surface area contributed by atoms with Gasteiger partial charge >= 0.3 is 0 Å². The van der Waals surface area contributed by atoms with E-state index in [1.165, 1.54) is 31.4 Å². The number of anilines is 1. The number of aromatic nitrogens is 2. The zero-order valence-corrected chi connectivity index (χ0v) is 18.6. The van der Waals surface area contributed by atoms with E-state index in [4.69, 9.17) is 16.6 Å². The third-order valence-electron chi connectivity index (χ3n) is 5.43. The van der Waals surface area contributed by atoms with Crippen LogP contribution in [0.2, 0.25) is 5.02 Å². The summed E-state index contributed by atoms with van der Waals surface area (Å²) in [5.74, 6) is 0.737. The summed E-state index contributed by atoms with van der Waals surface area (Å²) in [6.07, 6.45) is 5.86. The van der Waals surface area contributed by atoms with Crippen LogP contribution >= 0.6 is 23.4 Å². The molecule has 0 bridgehead atoms. The van der Waals surface area contributed by atoms with Crippen molar-refractivity contribution >= 4 is 29.1 Å². The first-order valence-electron chi connectivity index (χ1n) is 10.3. The zero-order valence-electron chi connectivity index (χ0n) is 17.0. The number of nitrogens with zero attached hydrogens (tertiary/aromatic N) is 3. The van der Waals surface area contributed by atoms with E-state index >= 15 is 0 Å². The second-order valence-electron chi connectivity index (χ2n) is 7.61. The first-order chi connectivity index (χ1) is 14.6. The van der Waals surface area contributed by atoms with Crippen LogP contribution in [0.3, 0.4) is 0 Å². The van der Waals surface area contributed by atoms with Crippen LogP contribution in [0.15, 0.2) is 59.9 Å². The summed E-state index contributed by atoms with van der Waals surface area (Å²) in [6, 6.07) is 15.1. The minimum absolute atomic E-state index is 0.229. The topological polar surface area (TPSA) is 33.1 Å². The van der Waals surface area contributed by atoms with Gasteiger partial charge in [0.2, 0.25) is 0 Å². The molecule has 1 aromatic heterocycles. The second-order valence-corrected chi connectivity index (χ2v) is 9.11. The molecule has 1 fully saturated rings. The molecule has 30 heavy (non-hydrogen) atoms. The summed E-state index contributed by atoms with van der Waals surface area (Å²) in [6.45, 7) is 1.63. The Morgan fingerprint density at radius 2 is 1.90 bits per heavy atom. The Hall–Kier alpha value is -2.02. The average Bonchev–Trinajstić information content (AvgIpc) is 3.10. The van der Waals surface area contributed by atoms with Gasteiger partial charge in [-0.25, -0.2) is 9.37 Å². The van der Waals surface area contributed by atoms with Gasteiger partial charge in [-0.05, 0) is 61.4 Å². The molecule has 0 atom stereocenters. The van der Waals surface area contributed by atoms with Crippen molar-refractivity contribution in [1.82, 2.24) is 14.9 Å². The molecule has 1 saturated carbocycles. The van der Waals surface area contributed by atoms with Crippen molar-refractivity contribution in [2.45, 2.75) is 37.0 Å². The summed E-state index contributed by atoms with van der Waals surface area (Å²) in [7, 11) is 2.00. The van der Waals surface area contributed by atoms with Crippen molar-refractivity contribution in [3.05, 3.63) is 71.3 Å². The lowest BCUT2D eigenvalue weighted by molar-refractivity contribution is 0.347. The highest BCUT2D eigenvalue weighted by atomic mass is 35.5. The smallest absolute Gasteiger partial charge is 0.172 e. The Bertz CT molecular complexity index is 954. The first-order valence-corrected chi connectivity index (χ1v) is 11.6. The number of nitrogens with one attached hydrogen (secondary N) is 1. The van der Waals surface area contributed by atoms with E-state index in [9.17, 15) is 4.39 Å². The molecule has 0 amide bonds. The Morgan fingerprint density at radius 1 is 1.17 bits per heavy atom. The molecule has 2 aromatic carbocycles. The van der Waals surface area contributed by atoms with Crippen LogP contribution in [-0.2, 0) is 6.54 Å². The normalized spacial score (nSPS) is 14.0. The molecule has 0 spiro atoms. The molecular weight excluding hydrogens is 419 g/mol. The van der Waals surface area contributed by atoms with E-state index in [2.05, 4.69) is 14.8 Å². The molecule has 3 aromatic rings. The fourth-order valence-corrected chi connectivity index (χ4v) is 4.50. The van der Waals surface area contributed by atoms with Gasteiger partial charge in [-0.2, -0.15) is 0 Å².